The van der Waals surface area contributed by atoms with E-state index >= 15 is 0 Å². The summed E-state index contributed by atoms with van der Waals surface area (Å²) in [7, 11) is 0. The first-order valence-electron chi connectivity index (χ1n) is 8.16. The molecule has 0 bridgehead atoms. The number of hydrogen-bond acceptors (Lipinski definition) is 2. The zero-order valence-electron chi connectivity index (χ0n) is 14.2. The number of alkyl carbamates (subject to hydrolysis) is 1. The van der Waals surface area contributed by atoms with E-state index in [1.54, 1.807) is 0 Å². The summed E-state index contributed by atoms with van der Waals surface area (Å²) in [6.45, 7) is 4.94. The molecule has 0 saturated carbocycles. The quantitative estimate of drug-likeness (QED) is 0.840. The van der Waals surface area contributed by atoms with Gasteiger partial charge in [-0.15, -0.1) is 0 Å². The van der Waals surface area contributed by atoms with E-state index in [0.717, 1.165) is 17.5 Å². The van der Waals surface area contributed by atoms with Crippen molar-refractivity contribution in [1.29, 1.82) is 0 Å². The van der Waals surface area contributed by atoms with Crippen LogP contribution in [-0.2, 0) is 17.8 Å². The monoisotopic (exact) mass is 321 g/mol. The van der Waals surface area contributed by atoms with Gasteiger partial charge in [-0.25, -0.2) is 4.79 Å². The number of amides is 1. The molecule has 0 fully saturated rings. The van der Waals surface area contributed by atoms with Gasteiger partial charge in [-0.3, -0.25) is 0 Å². The Hall–Kier alpha value is -2.73. The molecule has 2 aromatic carbocycles. The molecule has 0 unspecified atom stereocenters. The maximum absolute atomic E-state index is 11.6. The second-order valence-corrected chi connectivity index (χ2v) is 6.01. The summed E-state index contributed by atoms with van der Waals surface area (Å²) in [5, 5.41) is 2.63. The molecule has 0 aliphatic heterocycles. The van der Waals surface area contributed by atoms with Gasteiger partial charge in [0.25, 0.3) is 0 Å². The molecule has 3 heteroatoms. The molecule has 0 spiro atoms. The topological polar surface area (TPSA) is 38.3 Å². The Morgan fingerprint density at radius 2 is 1.75 bits per heavy atom. The Kier molecular flexibility index (Phi) is 6.91. The van der Waals surface area contributed by atoms with E-state index < -0.39 is 6.09 Å². The molecule has 24 heavy (non-hydrogen) atoms. The van der Waals surface area contributed by atoms with Crippen LogP contribution in [0, 0.1) is 17.8 Å². The maximum Gasteiger partial charge on any atom is 0.408 e. The van der Waals surface area contributed by atoms with Gasteiger partial charge in [0.1, 0.15) is 6.61 Å². The summed E-state index contributed by atoms with van der Waals surface area (Å²) in [5.41, 5.74) is 3.22. The predicted molar refractivity (Wildman–Crippen MR) is 96.5 cm³/mol. The minimum atomic E-state index is -0.458. The lowest BCUT2D eigenvalue weighted by Crippen LogP contribution is -2.24. The number of benzene rings is 2. The Morgan fingerprint density at radius 1 is 1.04 bits per heavy atom. The molecule has 0 aliphatic carbocycles. The standard InChI is InChI=1S/C21H23NO2/c1-17(2)15-19-12-10-18(11-13-19)9-6-14-22-21(23)24-16-20-7-4-3-5-8-20/h3-5,7-8,10-13,17H,14-16H2,1-2H3,(H,22,23). The molecule has 1 amide bonds. The second-order valence-electron chi connectivity index (χ2n) is 6.01. The van der Waals surface area contributed by atoms with Crippen LogP contribution in [-0.4, -0.2) is 12.6 Å². The summed E-state index contributed by atoms with van der Waals surface area (Å²) in [6, 6.07) is 17.8. The number of hydrogen-bond donors (Lipinski definition) is 1. The minimum absolute atomic E-state index is 0.261. The first kappa shape index (κ1) is 17.6. The van der Waals surface area contributed by atoms with Crippen molar-refractivity contribution in [2.45, 2.75) is 26.9 Å². The van der Waals surface area contributed by atoms with Crippen LogP contribution in [0.15, 0.2) is 54.6 Å². The second kappa shape index (κ2) is 9.42. The molecule has 0 heterocycles. The number of carbonyl (C=O) groups excluding carboxylic acids is 1. The fourth-order valence-electron chi connectivity index (χ4n) is 2.23. The molecule has 0 aliphatic rings. The van der Waals surface area contributed by atoms with Crippen molar-refractivity contribution in [1.82, 2.24) is 5.32 Å². The highest BCUT2D eigenvalue weighted by Crippen LogP contribution is 2.09. The van der Waals surface area contributed by atoms with Gasteiger partial charge >= 0.3 is 6.09 Å². The molecule has 0 saturated heterocycles. The van der Waals surface area contributed by atoms with E-state index in [1.165, 1.54) is 5.56 Å². The van der Waals surface area contributed by atoms with Crippen molar-refractivity contribution >= 4 is 6.09 Å². The van der Waals surface area contributed by atoms with Crippen molar-refractivity contribution in [3.05, 3.63) is 71.3 Å². The third-order valence-corrected chi connectivity index (χ3v) is 3.36. The molecule has 2 aromatic rings. The van der Waals surface area contributed by atoms with E-state index in [1.807, 2.05) is 42.5 Å². The first-order valence-corrected chi connectivity index (χ1v) is 8.16. The molecule has 1 N–H and O–H groups in total. The number of ether oxygens (including phenoxy) is 1. The largest absolute Gasteiger partial charge is 0.445 e. The smallest absolute Gasteiger partial charge is 0.408 e. The van der Waals surface area contributed by atoms with Crippen LogP contribution in [0.25, 0.3) is 0 Å². The average molecular weight is 321 g/mol. The average Bonchev–Trinajstić information content (AvgIpc) is 2.59. The van der Waals surface area contributed by atoms with Gasteiger partial charge in [0, 0.05) is 5.56 Å². The predicted octanol–water partition coefficient (Wildman–Crippen LogP) is 4.16. The SMILES string of the molecule is CC(C)Cc1ccc(C#CCNC(=O)OCc2ccccc2)cc1. The summed E-state index contributed by atoms with van der Waals surface area (Å²) in [6.07, 6.45) is 0.614. The van der Waals surface area contributed by atoms with Crippen LogP contribution >= 0.6 is 0 Å². The van der Waals surface area contributed by atoms with Gasteiger partial charge in [0.05, 0.1) is 6.54 Å². The zero-order valence-corrected chi connectivity index (χ0v) is 14.2. The lowest BCUT2D eigenvalue weighted by Gasteiger charge is -2.04. The number of carbonyl (C=O) groups is 1. The van der Waals surface area contributed by atoms with E-state index in [-0.39, 0.29) is 13.2 Å². The molecule has 0 radical (unpaired) electrons. The van der Waals surface area contributed by atoms with Crippen molar-refractivity contribution < 1.29 is 9.53 Å². The van der Waals surface area contributed by atoms with Crippen molar-refractivity contribution in [3.8, 4) is 11.8 Å². The molecular weight excluding hydrogens is 298 g/mol. The summed E-state index contributed by atoms with van der Waals surface area (Å²) in [5.74, 6) is 6.61. The van der Waals surface area contributed by atoms with E-state index in [9.17, 15) is 4.79 Å². The van der Waals surface area contributed by atoms with Crippen LogP contribution in [0.1, 0.15) is 30.5 Å². The zero-order chi connectivity index (χ0) is 17.2. The lowest BCUT2D eigenvalue weighted by atomic mass is 10.0. The lowest BCUT2D eigenvalue weighted by molar-refractivity contribution is 0.141. The Bertz CT molecular complexity index is 694. The van der Waals surface area contributed by atoms with Gasteiger partial charge in [0.15, 0.2) is 0 Å². The van der Waals surface area contributed by atoms with Crippen molar-refractivity contribution in [2.75, 3.05) is 6.54 Å². The number of rotatable bonds is 5. The Morgan fingerprint density at radius 3 is 2.42 bits per heavy atom. The fourth-order valence-corrected chi connectivity index (χ4v) is 2.23. The van der Waals surface area contributed by atoms with Crippen molar-refractivity contribution in [3.63, 3.8) is 0 Å². The van der Waals surface area contributed by atoms with Crippen molar-refractivity contribution in [2.24, 2.45) is 5.92 Å². The highest BCUT2D eigenvalue weighted by molar-refractivity contribution is 5.67. The van der Waals surface area contributed by atoms with Crippen LogP contribution < -0.4 is 5.32 Å². The summed E-state index contributed by atoms with van der Waals surface area (Å²) >= 11 is 0. The molecule has 0 atom stereocenters. The van der Waals surface area contributed by atoms with Gasteiger partial charge < -0.3 is 10.1 Å². The molecule has 124 valence electrons. The third-order valence-electron chi connectivity index (χ3n) is 3.36. The molecule has 0 aromatic heterocycles. The molecule has 2 rings (SSSR count). The van der Waals surface area contributed by atoms with Gasteiger partial charge in [-0.2, -0.15) is 0 Å². The fraction of sp³-hybridized carbons (Fsp3) is 0.286. The first-order chi connectivity index (χ1) is 11.6. The van der Waals surface area contributed by atoms with E-state index in [2.05, 4.69) is 43.1 Å². The highest BCUT2D eigenvalue weighted by atomic mass is 16.5. The third kappa shape index (κ3) is 6.58. The minimum Gasteiger partial charge on any atom is -0.445 e. The summed E-state index contributed by atoms with van der Waals surface area (Å²) in [4.78, 5) is 11.6. The highest BCUT2D eigenvalue weighted by Gasteiger charge is 2.00. The number of nitrogens with one attached hydrogen (secondary N) is 1. The van der Waals surface area contributed by atoms with Crippen LogP contribution in [0.4, 0.5) is 4.79 Å². The summed E-state index contributed by atoms with van der Waals surface area (Å²) < 4.78 is 5.12. The van der Waals surface area contributed by atoms with Crippen LogP contribution in [0.5, 0.6) is 0 Å². The Labute approximate surface area is 144 Å². The molecular formula is C21H23NO2. The van der Waals surface area contributed by atoms with E-state index in [4.69, 9.17) is 4.74 Å². The van der Waals surface area contributed by atoms with Gasteiger partial charge in [-0.1, -0.05) is 68.2 Å². The van der Waals surface area contributed by atoms with Crippen LogP contribution in [0.3, 0.4) is 0 Å². The van der Waals surface area contributed by atoms with Gasteiger partial charge in [0.2, 0.25) is 0 Å². The maximum atomic E-state index is 11.6. The normalized spacial score (nSPS) is 9.96. The molecule has 3 nitrogen and oxygen atoms in total. The van der Waals surface area contributed by atoms with Crippen LogP contribution in [0.2, 0.25) is 0 Å². The van der Waals surface area contributed by atoms with Gasteiger partial charge in [-0.05, 0) is 35.6 Å². The van der Waals surface area contributed by atoms with E-state index in [0.29, 0.717) is 5.92 Å². The Balaban J connectivity index is 1.72.